The summed E-state index contributed by atoms with van der Waals surface area (Å²) in [6, 6.07) is 14.4. The molecule has 2 aromatic carbocycles. The summed E-state index contributed by atoms with van der Waals surface area (Å²) in [4.78, 5) is 41.2. The lowest BCUT2D eigenvalue weighted by atomic mass is 9.93. The summed E-state index contributed by atoms with van der Waals surface area (Å²) in [5.41, 5.74) is 4.48. The fourth-order valence-corrected chi connectivity index (χ4v) is 5.19. The Hall–Kier alpha value is -3.39. The van der Waals surface area contributed by atoms with Crippen molar-refractivity contribution in [1.82, 2.24) is 15.1 Å². The Bertz CT molecular complexity index is 1060. The third kappa shape index (κ3) is 5.32. The van der Waals surface area contributed by atoms with Crippen LogP contribution in [-0.4, -0.2) is 78.8 Å². The molecule has 8 nitrogen and oxygen atoms in total. The van der Waals surface area contributed by atoms with Gasteiger partial charge in [0.2, 0.25) is 5.91 Å². The van der Waals surface area contributed by atoms with Gasteiger partial charge in [0.05, 0.1) is 0 Å². The number of aliphatic carboxylic acids is 1. The van der Waals surface area contributed by atoms with Crippen LogP contribution in [-0.2, 0) is 14.3 Å². The number of benzene rings is 2. The molecule has 3 atom stereocenters. The quantitative estimate of drug-likeness (QED) is 0.633. The molecule has 2 amide bonds. The molecule has 2 aromatic rings. The number of ether oxygens (including phenoxy) is 1. The molecule has 1 heterocycles. The van der Waals surface area contributed by atoms with Crippen LogP contribution in [0.4, 0.5) is 4.79 Å². The summed E-state index contributed by atoms with van der Waals surface area (Å²) < 4.78 is 5.63. The largest absolute Gasteiger partial charge is 0.480 e. The summed E-state index contributed by atoms with van der Waals surface area (Å²) in [5.74, 6) is -1.30. The standard InChI is InChI=1S/C27H33N3O5/c1-17-12-13-24(26(32)33)30(14-17)25(31)23(15-29(2)3)28-27(34)35-16-22-20-10-6-4-8-18(20)19-9-5-7-11-21(19)22/h4-11,17,22-24H,12-16H2,1-3H3,(H,28,34)(H,32,33). The fourth-order valence-electron chi connectivity index (χ4n) is 5.19. The van der Waals surface area contributed by atoms with Gasteiger partial charge in [-0.25, -0.2) is 9.59 Å². The number of carbonyl (C=O) groups is 3. The molecule has 0 radical (unpaired) electrons. The Morgan fingerprint density at radius 2 is 1.66 bits per heavy atom. The van der Waals surface area contributed by atoms with Crippen LogP contribution in [0.25, 0.3) is 11.1 Å². The number of carboxylic acid groups (broad SMARTS) is 1. The maximum absolute atomic E-state index is 13.4. The summed E-state index contributed by atoms with van der Waals surface area (Å²) in [5, 5.41) is 12.3. The first kappa shape index (κ1) is 24.7. The van der Waals surface area contributed by atoms with Gasteiger partial charge in [0.1, 0.15) is 18.7 Å². The van der Waals surface area contributed by atoms with Crippen LogP contribution in [0, 0.1) is 5.92 Å². The highest BCUT2D eigenvalue weighted by atomic mass is 16.5. The lowest BCUT2D eigenvalue weighted by Gasteiger charge is -2.38. The molecular formula is C27H33N3O5. The van der Waals surface area contributed by atoms with Gasteiger partial charge in [-0.05, 0) is 55.1 Å². The van der Waals surface area contributed by atoms with Crippen LogP contribution >= 0.6 is 0 Å². The van der Waals surface area contributed by atoms with Crippen molar-refractivity contribution >= 4 is 18.0 Å². The van der Waals surface area contributed by atoms with Crippen LogP contribution in [0.5, 0.6) is 0 Å². The normalized spacial score (nSPS) is 20.2. The minimum Gasteiger partial charge on any atom is -0.480 e. The second-order valence-corrected chi connectivity index (χ2v) is 9.81. The maximum Gasteiger partial charge on any atom is 0.407 e. The number of hydrogen-bond donors (Lipinski definition) is 2. The summed E-state index contributed by atoms with van der Waals surface area (Å²) in [6.45, 7) is 2.73. The summed E-state index contributed by atoms with van der Waals surface area (Å²) in [6.07, 6.45) is 0.463. The molecule has 0 saturated carbocycles. The number of likely N-dealkylation sites (N-methyl/N-ethyl adjacent to an activating group) is 1. The van der Waals surface area contributed by atoms with Crippen LogP contribution in [0.2, 0.25) is 0 Å². The van der Waals surface area contributed by atoms with Crippen LogP contribution in [0.1, 0.15) is 36.8 Å². The molecule has 2 N–H and O–H groups in total. The Labute approximate surface area is 205 Å². The Balaban J connectivity index is 1.46. The van der Waals surface area contributed by atoms with Gasteiger partial charge >= 0.3 is 12.1 Å². The van der Waals surface area contributed by atoms with Gasteiger partial charge in [-0.2, -0.15) is 0 Å². The van der Waals surface area contributed by atoms with Crippen molar-refractivity contribution in [3.05, 3.63) is 59.7 Å². The first-order valence-electron chi connectivity index (χ1n) is 12.1. The van der Waals surface area contributed by atoms with Crippen LogP contribution in [0.15, 0.2) is 48.5 Å². The molecule has 186 valence electrons. The van der Waals surface area contributed by atoms with Crippen LogP contribution < -0.4 is 5.32 Å². The number of carbonyl (C=O) groups excluding carboxylic acids is 2. The van der Waals surface area contributed by atoms with E-state index in [0.717, 1.165) is 28.7 Å². The highest BCUT2D eigenvalue weighted by molar-refractivity contribution is 5.89. The predicted molar refractivity (Wildman–Crippen MR) is 132 cm³/mol. The van der Waals surface area contributed by atoms with Crippen molar-refractivity contribution in [3.63, 3.8) is 0 Å². The SMILES string of the molecule is CC1CCC(C(=O)O)N(C(=O)C(CN(C)C)NC(=O)OCC2c3ccccc3-c3ccccc32)C1. The summed E-state index contributed by atoms with van der Waals surface area (Å²) >= 11 is 0. The van der Waals surface area contributed by atoms with Crippen LogP contribution in [0.3, 0.4) is 0 Å². The number of fused-ring (bicyclic) bond motifs is 3. The molecule has 0 aromatic heterocycles. The lowest BCUT2D eigenvalue weighted by molar-refractivity contribution is -0.154. The Morgan fingerprint density at radius 1 is 1.06 bits per heavy atom. The number of alkyl carbamates (subject to hydrolysis) is 1. The highest BCUT2D eigenvalue weighted by Crippen LogP contribution is 2.44. The molecule has 1 aliphatic carbocycles. The minimum absolute atomic E-state index is 0.0875. The zero-order chi connectivity index (χ0) is 25.1. The number of rotatable bonds is 7. The molecule has 0 spiro atoms. The van der Waals surface area contributed by atoms with E-state index in [0.29, 0.717) is 13.0 Å². The molecule has 1 aliphatic heterocycles. The Morgan fingerprint density at radius 3 is 2.23 bits per heavy atom. The minimum atomic E-state index is -1.02. The van der Waals surface area contributed by atoms with E-state index in [1.54, 1.807) is 19.0 Å². The molecule has 3 unspecified atom stereocenters. The fraction of sp³-hybridized carbons (Fsp3) is 0.444. The van der Waals surface area contributed by atoms with E-state index in [9.17, 15) is 19.5 Å². The zero-order valence-electron chi connectivity index (χ0n) is 20.4. The topological polar surface area (TPSA) is 99.2 Å². The van der Waals surface area contributed by atoms with Gasteiger partial charge in [0.25, 0.3) is 0 Å². The zero-order valence-corrected chi connectivity index (χ0v) is 20.4. The number of piperidine rings is 1. The smallest absolute Gasteiger partial charge is 0.407 e. The number of amides is 2. The van der Waals surface area contributed by atoms with Crippen molar-refractivity contribution in [2.24, 2.45) is 5.92 Å². The second kappa shape index (κ2) is 10.5. The highest BCUT2D eigenvalue weighted by Gasteiger charge is 2.38. The Kier molecular flexibility index (Phi) is 7.40. The first-order chi connectivity index (χ1) is 16.8. The van der Waals surface area contributed by atoms with E-state index in [1.165, 1.54) is 4.90 Å². The number of nitrogens with one attached hydrogen (secondary N) is 1. The van der Waals surface area contributed by atoms with Crippen molar-refractivity contribution in [2.75, 3.05) is 33.8 Å². The van der Waals surface area contributed by atoms with Gasteiger partial charge in [-0.15, -0.1) is 0 Å². The number of likely N-dealkylation sites (tertiary alicyclic amines) is 1. The molecule has 4 rings (SSSR count). The van der Waals surface area contributed by atoms with E-state index in [4.69, 9.17) is 4.74 Å². The number of hydrogen-bond acceptors (Lipinski definition) is 5. The maximum atomic E-state index is 13.4. The summed E-state index contributed by atoms with van der Waals surface area (Å²) in [7, 11) is 3.60. The monoisotopic (exact) mass is 479 g/mol. The molecule has 1 fully saturated rings. The third-order valence-electron chi connectivity index (χ3n) is 6.87. The van der Waals surface area contributed by atoms with E-state index >= 15 is 0 Å². The van der Waals surface area contributed by atoms with Crippen molar-refractivity contribution in [3.8, 4) is 11.1 Å². The van der Waals surface area contributed by atoms with Gasteiger partial charge < -0.3 is 25.0 Å². The van der Waals surface area contributed by atoms with Gasteiger partial charge in [0, 0.05) is 19.0 Å². The van der Waals surface area contributed by atoms with Gasteiger partial charge in [-0.1, -0.05) is 55.5 Å². The predicted octanol–water partition coefficient (Wildman–Crippen LogP) is 3.17. The molecule has 8 heteroatoms. The van der Waals surface area contributed by atoms with Crippen molar-refractivity contribution in [1.29, 1.82) is 0 Å². The second-order valence-electron chi connectivity index (χ2n) is 9.81. The number of nitrogens with zero attached hydrogens (tertiary/aromatic N) is 2. The van der Waals surface area contributed by atoms with E-state index in [1.807, 2.05) is 43.3 Å². The molecule has 1 saturated heterocycles. The van der Waals surface area contributed by atoms with E-state index in [2.05, 4.69) is 17.4 Å². The van der Waals surface area contributed by atoms with Gasteiger partial charge in [0.15, 0.2) is 0 Å². The van der Waals surface area contributed by atoms with E-state index < -0.39 is 30.1 Å². The van der Waals surface area contributed by atoms with Crippen molar-refractivity contribution in [2.45, 2.75) is 37.8 Å². The molecule has 2 aliphatic rings. The molecular weight excluding hydrogens is 446 g/mol. The average molecular weight is 480 g/mol. The molecule has 35 heavy (non-hydrogen) atoms. The van der Waals surface area contributed by atoms with Crippen molar-refractivity contribution < 1.29 is 24.2 Å². The van der Waals surface area contributed by atoms with Gasteiger partial charge in [-0.3, -0.25) is 4.79 Å². The molecule has 0 bridgehead atoms. The first-order valence-corrected chi connectivity index (χ1v) is 12.1. The number of carboxylic acids is 1. The third-order valence-corrected chi connectivity index (χ3v) is 6.87. The lowest BCUT2D eigenvalue weighted by Crippen LogP contribution is -2.59. The average Bonchev–Trinajstić information content (AvgIpc) is 3.15. The van der Waals surface area contributed by atoms with E-state index in [-0.39, 0.29) is 25.0 Å².